The van der Waals surface area contributed by atoms with Crippen LogP contribution < -0.4 is 5.73 Å². The number of nitrogens with two attached hydrogens (primary N) is 1. The normalized spacial score (nSPS) is 12.2. The van der Waals surface area contributed by atoms with Gasteiger partial charge in [0.15, 0.2) is 5.03 Å². The predicted molar refractivity (Wildman–Crippen MR) is 77.3 cm³/mol. The molecule has 0 saturated carbocycles. The molecule has 0 fully saturated rings. The number of nitrogens with one attached hydrogen (secondary N) is 1. The van der Waals surface area contributed by atoms with Gasteiger partial charge in [0.05, 0.1) is 6.20 Å². The summed E-state index contributed by atoms with van der Waals surface area (Å²) in [6, 6.07) is 8.46. The number of hydrogen-bond donors (Lipinski definition) is 2. The van der Waals surface area contributed by atoms with E-state index in [-0.39, 0.29) is 11.1 Å². The molecule has 0 aliphatic rings. The van der Waals surface area contributed by atoms with Crippen LogP contribution in [-0.2, 0) is 16.6 Å². The van der Waals surface area contributed by atoms with Crippen LogP contribution in [0.3, 0.4) is 0 Å². The van der Waals surface area contributed by atoms with Crippen LogP contribution in [0.15, 0.2) is 41.6 Å². The lowest BCUT2D eigenvalue weighted by molar-refractivity contribution is 0.346. The first kappa shape index (κ1) is 14.5. The average molecular weight is 294 g/mol. The van der Waals surface area contributed by atoms with E-state index in [4.69, 9.17) is 5.73 Å². The number of aromatic amines is 1. The zero-order valence-electron chi connectivity index (χ0n) is 11.4. The summed E-state index contributed by atoms with van der Waals surface area (Å²) >= 11 is 0. The van der Waals surface area contributed by atoms with Crippen LogP contribution in [0.2, 0.25) is 0 Å². The van der Waals surface area contributed by atoms with Crippen molar-refractivity contribution in [2.24, 2.45) is 0 Å². The maximum atomic E-state index is 12.5. The third kappa shape index (κ3) is 3.00. The number of anilines is 1. The molecule has 1 aromatic carbocycles. The maximum absolute atomic E-state index is 12.5. The molecule has 0 saturated heterocycles. The zero-order valence-corrected chi connectivity index (χ0v) is 12.3. The number of H-pyrrole nitrogens is 1. The van der Waals surface area contributed by atoms with Crippen LogP contribution >= 0.6 is 0 Å². The lowest BCUT2D eigenvalue weighted by Gasteiger charge is -2.25. The highest BCUT2D eigenvalue weighted by atomic mass is 32.2. The first-order valence-electron chi connectivity index (χ1n) is 6.27. The molecule has 20 heavy (non-hydrogen) atoms. The monoisotopic (exact) mass is 294 g/mol. The van der Waals surface area contributed by atoms with Crippen molar-refractivity contribution in [3.05, 3.63) is 42.1 Å². The molecule has 0 aliphatic carbocycles. The summed E-state index contributed by atoms with van der Waals surface area (Å²) in [5, 5.41) is 6.31. The van der Waals surface area contributed by atoms with Gasteiger partial charge in [-0.15, -0.1) is 0 Å². The minimum atomic E-state index is -3.58. The first-order chi connectivity index (χ1) is 9.41. The quantitative estimate of drug-likeness (QED) is 0.819. The fraction of sp³-hybridized carbons (Fsp3) is 0.308. The Morgan fingerprint density at radius 3 is 2.40 bits per heavy atom. The Morgan fingerprint density at radius 2 is 1.90 bits per heavy atom. The van der Waals surface area contributed by atoms with E-state index in [9.17, 15) is 8.42 Å². The second kappa shape index (κ2) is 5.64. The predicted octanol–water partition coefficient (Wildman–Crippen LogP) is 1.59. The third-order valence-corrected chi connectivity index (χ3v) is 4.91. The first-order valence-corrected chi connectivity index (χ1v) is 7.71. The van der Waals surface area contributed by atoms with Crippen LogP contribution in [0.25, 0.3) is 0 Å². The topological polar surface area (TPSA) is 92.1 Å². The van der Waals surface area contributed by atoms with Crippen molar-refractivity contribution in [3.8, 4) is 0 Å². The number of hydrogen-bond acceptors (Lipinski definition) is 4. The van der Waals surface area contributed by atoms with Crippen LogP contribution in [0, 0.1) is 0 Å². The molecule has 0 spiro atoms. The van der Waals surface area contributed by atoms with E-state index in [0.717, 1.165) is 5.56 Å². The molecule has 1 aromatic heterocycles. The van der Waals surface area contributed by atoms with E-state index in [1.54, 1.807) is 12.1 Å². The summed E-state index contributed by atoms with van der Waals surface area (Å²) in [7, 11) is -3.58. The Morgan fingerprint density at radius 1 is 1.25 bits per heavy atom. The van der Waals surface area contributed by atoms with Crippen LogP contribution in [-0.4, -0.2) is 29.0 Å². The molecule has 108 valence electrons. The molecule has 0 unspecified atom stereocenters. The van der Waals surface area contributed by atoms with Gasteiger partial charge in [0, 0.05) is 18.3 Å². The highest BCUT2D eigenvalue weighted by Gasteiger charge is 2.28. The number of sulfonamides is 1. The van der Waals surface area contributed by atoms with Crippen LogP contribution in [0.1, 0.15) is 19.4 Å². The van der Waals surface area contributed by atoms with Gasteiger partial charge in [-0.2, -0.15) is 9.40 Å². The fourth-order valence-corrected chi connectivity index (χ4v) is 3.39. The standard InChI is InChI=1S/C13H18N4O2S/c1-10(2)17(9-11-3-5-12(14)6-4-11)20(18,19)13-7-8-15-16-13/h3-8,10H,9,14H2,1-2H3,(H,15,16). The number of nitrogens with zero attached hydrogens (tertiary/aromatic N) is 2. The molecular formula is C13H18N4O2S. The molecule has 6 nitrogen and oxygen atoms in total. The van der Waals surface area contributed by atoms with Gasteiger partial charge < -0.3 is 5.73 Å². The van der Waals surface area contributed by atoms with Crippen LogP contribution in [0.4, 0.5) is 5.69 Å². The summed E-state index contributed by atoms with van der Waals surface area (Å²) in [5.74, 6) is 0. The second-order valence-electron chi connectivity index (χ2n) is 4.81. The minimum absolute atomic E-state index is 0.0987. The van der Waals surface area contributed by atoms with Gasteiger partial charge in [0.2, 0.25) is 0 Å². The lowest BCUT2D eigenvalue weighted by Crippen LogP contribution is -2.36. The summed E-state index contributed by atoms with van der Waals surface area (Å²) < 4.78 is 26.5. The van der Waals surface area contributed by atoms with E-state index >= 15 is 0 Å². The molecule has 2 aromatic rings. The molecule has 0 aliphatic heterocycles. The molecular weight excluding hydrogens is 276 g/mol. The van der Waals surface area contributed by atoms with Gasteiger partial charge in [0.25, 0.3) is 10.0 Å². The minimum Gasteiger partial charge on any atom is -0.399 e. The van der Waals surface area contributed by atoms with E-state index < -0.39 is 10.0 Å². The molecule has 0 atom stereocenters. The number of benzene rings is 1. The number of rotatable bonds is 5. The summed E-state index contributed by atoms with van der Waals surface area (Å²) in [6.07, 6.45) is 1.43. The highest BCUT2D eigenvalue weighted by molar-refractivity contribution is 7.89. The van der Waals surface area contributed by atoms with E-state index in [0.29, 0.717) is 12.2 Å². The molecule has 1 heterocycles. The van der Waals surface area contributed by atoms with Crippen molar-refractivity contribution in [1.82, 2.24) is 14.5 Å². The Balaban J connectivity index is 2.30. The van der Waals surface area contributed by atoms with Crippen molar-refractivity contribution >= 4 is 15.7 Å². The van der Waals surface area contributed by atoms with E-state index in [1.165, 1.54) is 16.6 Å². The van der Waals surface area contributed by atoms with Crippen molar-refractivity contribution in [1.29, 1.82) is 0 Å². The molecule has 0 radical (unpaired) electrons. The average Bonchev–Trinajstić information content (AvgIpc) is 2.92. The summed E-state index contributed by atoms with van der Waals surface area (Å²) in [4.78, 5) is 0. The smallest absolute Gasteiger partial charge is 0.260 e. The fourth-order valence-electron chi connectivity index (χ4n) is 1.86. The number of aromatic nitrogens is 2. The Kier molecular flexibility index (Phi) is 4.10. The van der Waals surface area contributed by atoms with E-state index in [1.807, 2.05) is 26.0 Å². The maximum Gasteiger partial charge on any atom is 0.260 e. The van der Waals surface area contributed by atoms with Crippen molar-refractivity contribution in [2.45, 2.75) is 31.5 Å². The zero-order chi connectivity index (χ0) is 14.8. The lowest BCUT2D eigenvalue weighted by atomic mass is 10.2. The molecule has 2 rings (SSSR count). The van der Waals surface area contributed by atoms with Gasteiger partial charge in [-0.25, -0.2) is 8.42 Å². The van der Waals surface area contributed by atoms with Gasteiger partial charge in [-0.1, -0.05) is 12.1 Å². The van der Waals surface area contributed by atoms with Crippen LogP contribution in [0.5, 0.6) is 0 Å². The van der Waals surface area contributed by atoms with E-state index in [2.05, 4.69) is 10.2 Å². The molecule has 0 amide bonds. The SMILES string of the molecule is CC(C)N(Cc1ccc(N)cc1)S(=O)(=O)c1ccn[nH]1. The number of nitrogen functional groups attached to an aromatic ring is 1. The second-order valence-corrected chi connectivity index (χ2v) is 6.67. The highest BCUT2D eigenvalue weighted by Crippen LogP contribution is 2.19. The van der Waals surface area contributed by atoms with Crippen molar-refractivity contribution in [3.63, 3.8) is 0 Å². The summed E-state index contributed by atoms with van der Waals surface area (Å²) in [5.41, 5.74) is 7.17. The Labute approximate surface area is 118 Å². The van der Waals surface area contributed by atoms with Gasteiger partial charge in [-0.05, 0) is 37.6 Å². The Bertz CT molecular complexity index is 648. The van der Waals surface area contributed by atoms with Crippen molar-refractivity contribution in [2.75, 3.05) is 5.73 Å². The van der Waals surface area contributed by atoms with Gasteiger partial charge >= 0.3 is 0 Å². The summed E-state index contributed by atoms with van der Waals surface area (Å²) in [6.45, 7) is 3.97. The van der Waals surface area contributed by atoms with Gasteiger partial charge in [-0.3, -0.25) is 5.10 Å². The largest absolute Gasteiger partial charge is 0.399 e. The van der Waals surface area contributed by atoms with Crippen molar-refractivity contribution < 1.29 is 8.42 Å². The Hall–Kier alpha value is -1.86. The molecule has 7 heteroatoms. The molecule has 0 bridgehead atoms. The third-order valence-electron chi connectivity index (χ3n) is 2.96. The molecule has 3 N–H and O–H groups in total. The van der Waals surface area contributed by atoms with Gasteiger partial charge in [0.1, 0.15) is 0 Å².